The van der Waals surface area contributed by atoms with Crippen LogP contribution in [0.4, 0.5) is 0 Å². The van der Waals surface area contributed by atoms with Gasteiger partial charge in [0.2, 0.25) is 17.7 Å². The van der Waals surface area contributed by atoms with Gasteiger partial charge in [-0.25, -0.2) is 4.79 Å². The number of Topliss-reactive ketones (excluding diaryl/α,β-unsaturated/α-hetero) is 1. The number of carboxylic acid groups (broad SMARTS) is 3. The number of unbranched alkanes of at least 4 members (excludes halogenated alkanes) is 2. The van der Waals surface area contributed by atoms with Gasteiger partial charge in [0.1, 0.15) is 32.2 Å². The molecular weight excluding hydrogens is 822 g/mol. The third-order valence-corrected chi connectivity index (χ3v) is 7.21. The Morgan fingerprint density at radius 1 is 0.500 bits per heavy atom. The van der Waals surface area contributed by atoms with E-state index < -0.39 is 29.7 Å². The maximum absolute atomic E-state index is 11.3. The maximum atomic E-state index is 11.3. The van der Waals surface area contributed by atoms with Gasteiger partial charge in [-0.2, -0.15) is 0 Å². The minimum absolute atomic E-state index is 0.0112. The smallest absolute Gasteiger partial charge is 0.329 e. The number of ketones is 1. The number of hydrogen-bond donors (Lipinski definition) is 10. The molecule has 0 saturated carbocycles. The van der Waals surface area contributed by atoms with Gasteiger partial charge in [0.05, 0.1) is 38.2 Å². The summed E-state index contributed by atoms with van der Waals surface area (Å²) in [5, 5.41) is 32.9. The van der Waals surface area contributed by atoms with Crippen LogP contribution in [0.25, 0.3) is 0 Å². The minimum Gasteiger partial charge on any atom is -0.481 e. The minimum atomic E-state index is -0.958. The number of aliphatic imine (C=N–C) groups is 2. The third-order valence-electron chi connectivity index (χ3n) is 7.21. The average molecular weight is 898 g/mol. The largest absolute Gasteiger partial charge is 0.481 e. The van der Waals surface area contributed by atoms with E-state index in [0.717, 1.165) is 25.7 Å². The van der Waals surface area contributed by atoms with Crippen LogP contribution in [0, 0.1) is 17.8 Å². The summed E-state index contributed by atoms with van der Waals surface area (Å²) >= 11 is 0. The van der Waals surface area contributed by atoms with Crippen molar-refractivity contribution in [3.63, 3.8) is 0 Å². The van der Waals surface area contributed by atoms with Gasteiger partial charge in [0, 0.05) is 51.9 Å². The van der Waals surface area contributed by atoms with Crippen LogP contribution < -0.4 is 38.9 Å². The lowest BCUT2D eigenvalue weighted by Crippen LogP contribution is -2.34. The number of ether oxygens (including phenoxy) is 5. The van der Waals surface area contributed by atoms with Gasteiger partial charge >= 0.3 is 17.9 Å². The van der Waals surface area contributed by atoms with E-state index in [1.165, 1.54) is 20.8 Å². The predicted molar refractivity (Wildman–Crippen MR) is 230 cm³/mol. The number of aliphatic carboxylic acids is 3. The topological polar surface area (TPSA) is 391 Å². The van der Waals surface area contributed by atoms with E-state index in [1.54, 1.807) is 6.92 Å². The van der Waals surface area contributed by atoms with Crippen molar-refractivity contribution in [2.24, 2.45) is 50.7 Å². The lowest BCUT2D eigenvalue weighted by Gasteiger charge is -2.09. The number of nitrogens with one attached hydrogen (secondary N) is 3. The monoisotopic (exact) mass is 898 g/mol. The molecule has 24 nitrogen and oxygen atoms in total. The van der Waals surface area contributed by atoms with E-state index in [0.29, 0.717) is 59.1 Å². The molecule has 0 bridgehead atoms. The van der Waals surface area contributed by atoms with Gasteiger partial charge in [-0.1, -0.05) is 47.5 Å². The first kappa shape index (κ1) is 63.5. The molecule has 0 heterocycles. The van der Waals surface area contributed by atoms with Crippen LogP contribution >= 0.6 is 0 Å². The number of carbonyl (C=O) groups excluding carboxylic acids is 4. The predicted octanol–water partition coefficient (Wildman–Crippen LogP) is -1.33. The van der Waals surface area contributed by atoms with E-state index in [9.17, 15) is 33.6 Å². The molecule has 0 aromatic heterocycles. The van der Waals surface area contributed by atoms with Gasteiger partial charge in [0.25, 0.3) is 0 Å². The molecule has 3 atom stereocenters. The number of guanidine groups is 2. The molecule has 0 saturated heterocycles. The highest BCUT2D eigenvalue weighted by Crippen LogP contribution is 1.95. The van der Waals surface area contributed by atoms with Gasteiger partial charge in [-0.3, -0.25) is 38.8 Å². The molecule has 14 N–H and O–H groups in total. The molecule has 0 aromatic rings. The first-order chi connectivity index (χ1) is 29.2. The van der Waals surface area contributed by atoms with Crippen molar-refractivity contribution in [3.05, 3.63) is 0 Å². The fourth-order valence-electron chi connectivity index (χ4n) is 3.25. The second-order valence-corrected chi connectivity index (χ2v) is 13.3. The van der Waals surface area contributed by atoms with Crippen molar-refractivity contribution in [1.82, 2.24) is 16.0 Å². The molecule has 0 rings (SSSR count). The van der Waals surface area contributed by atoms with E-state index in [4.69, 9.17) is 61.9 Å². The molecule has 0 aliphatic rings. The zero-order valence-electron chi connectivity index (χ0n) is 37.3. The highest BCUT2D eigenvalue weighted by molar-refractivity contribution is 5.81. The van der Waals surface area contributed by atoms with Crippen LogP contribution in [0.15, 0.2) is 9.98 Å². The van der Waals surface area contributed by atoms with Crippen LogP contribution in [0.1, 0.15) is 73.6 Å². The highest BCUT2D eigenvalue weighted by Gasteiger charge is 2.13. The van der Waals surface area contributed by atoms with Crippen molar-refractivity contribution >= 4 is 53.3 Å². The number of nitrogens with zero attached hydrogens (tertiary/aromatic N) is 2. The Balaban J connectivity index is -0.000000373. The molecule has 24 heteroatoms. The Labute approximate surface area is 364 Å². The molecule has 0 radical (unpaired) electrons. The molecule has 0 unspecified atom stereocenters. The Morgan fingerprint density at radius 2 is 0.855 bits per heavy atom. The first-order valence-electron chi connectivity index (χ1n) is 20.2. The van der Waals surface area contributed by atoms with E-state index in [-0.39, 0.29) is 87.5 Å². The molecule has 0 aromatic carbocycles. The normalized spacial score (nSPS) is 11.5. The van der Waals surface area contributed by atoms with Gasteiger partial charge in [-0.05, 0) is 26.2 Å². The average Bonchev–Trinajstić information content (AvgIpc) is 3.20. The first-order valence-corrected chi connectivity index (χ1v) is 20.2. The highest BCUT2D eigenvalue weighted by atomic mass is 16.5. The zero-order chi connectivity index (χ0) is 48.1. The van der Waals surface area contributed by atoms with Crippen molar-refractivity contribution in [2.75, 3.05) is 98.8 Å². The number of carboxylic acids is 3. The summed E-state index contributed by atoms with van der Waals surface area (Å²) in [5.41, 5.74) is 20.5. The van der Waals surface area contributed by atoms with Crippen LogP contribution in [-0.4, -0.2) is 167 Å². The van der Waals surface area contributed by atoms with Gasteiger partial charge in [-0.15, -0.1) is 0 Å². The molecule has 0 aliphatic carbocycles. The molecule has 362 valence electrons. The Kier molecular flexibility index (Phi) is 46.4. The molecule has 3 amide bonds. The number of carbonyl (C=O) groups is 7. The summed E-state index contributed by atoms with van der Waals surface area (Å²) in [4.78, 5) is 82.8. The van der Waals surface area contributed by atoms with Crippen LogP contribution in [0.2, 0.25) is 0 Å². The SMILES string of the molecule is CCCCOCC(=O)NC[C@H](C)C(C)=O.CCCCOCC(=O)O.C[C@@H](CNC(=O)COCCCN=C(N)N)C(=O)O.C[C@@H](CNC(=O)COCCOCCN=C(N)N)C(=O)O. The summed E-state index contributed by atoms with van der Waals surface area (Å²) in [6.45, 7) is 14.0. The van der Waals surface area contributed by atoms with Crippen molar-refractivity contribution in [1.29, 1.82) is 0 Å². The number of nitrogens with two attached hydrogens (primary N) is 4. The van der Waals surface area contributed by atoms with Crippen molar-refractivity contribution < 1.29 is 72.6 Å². The van der Waals surface area contributed by atoms with Crippen LogP contribution in [-0.2, 0) is 57.2 Å². The van der Waals surface area contributed by atoms with Gasteiger partial charge < -0.3 is 77.9 Å². The summed E-state index contributed by atoms with van der Waals surface area (Å²) in [7, 11) is 0. The fraction of sp³-hybridized carbons (Fsp3) is 0.763. The van der Waals surface area contributed by atoms with Crippen molar-refractivity contribution in [3.8, 4) is 0 Å². The fourth-order valence-corrected chi connectivity index (χ4v) is 3.25. The summed E-state index contributed by atoms with van der Waals surface area (Å²) in [5.74, 6) is -4.91. The molecule has 0 fully saturated rings. The Bertz CT molecular complexity index is 1280. The van der Waals surface area contributed by atoms with Crippen molar-refractivity contribution in [2.45, 2.75) is 73.6 Å². The number of amides is 3. The summed E-state index contributed by atoms with van der Waals surface area (Å²) in [6, 6.07) is 0. The molecule has 0 spiro atoms. The molecular formula is C38H75N9O15. The molecule has 0 aliphatic heterocycles. The molecule has 62 heavy (non-hydrogen) atoms. The number of rotatable bonds is 33. The van der Waals surface area contributed by atoms with Crippen LogP contribution in [0.3, 0.4) is 0 Å². The van der Waals surface area contributed by atoms with E-state index in [1.807, 2.05) is 6.92 Å². The van der Waals surface area contributed by atoms with Crippen LogP contribution in [0.5, 0.6) is 0 Å². The summed E-state index contributed by atoms with van der Waals surface area (Å²) in [6.07, 6.45) is 4.61. The quantitative estimate of drug-likeness (QED) is 0.0207. The lowest BCUT2D eigenvalue weighted by atomic mass is 10.1. The van der Waals surface area contributed by atoms with E-state index >= 15 is 0 Å². The second kappa shape index (κ2) is 45.4. The standard InChI is InChI=1S/C11H22N4O5.C11H21NO3.C10H20N4O4.C6H12O3/c1-8(10(17)18)6-15-9(16)7-20-5-4-19-3-2-14-11(12)13;1-4-5-6-15-8-11(14)12-7-9(2)10(3)13;1-7(9(16)17)5-14-8(15)6-18-4-2-3-13-10(11)12;1-2-3-4-9-5-6(7)8/h8H,2-7H2,1H3,(H,15,16)(H,17,18)(H4,12,13,14);9H,4-8H2,1-3H3,(H,12,14);7H,2-6H2,1H3,(H,14,15)(H,16,17)(H4,11,12,13);2-5H2,1H3,(H,7,8)/t8-;9-;7-;/m000./s1. The zero-order valence-corrected chi connectivity index (χ0v) is 37.3. The maximum Gasteiger partial charge on any atom is 0.329 e. The Hall–Kier alpha value is -5.17. The summed E-state index contributed by atoms with van der Waals surface area (Å²) < 4.78 is 25.1. The van der Waals surface area contributed by atoms with Gasteiger partial charge in [0.15, 0.2) is 11.9 Å². The lowest BCUT2D eigenvalue weighted by molar-refractivity contribution is -0.143. The second-order valence-electron chi connectivity index (χ2n) is 13.3. The third kappa shape index (κ3) is 54.8. The Morgan fingerprint density at radius 3 is 1.23 bits per heavy atom. The van der Waals surface area contributed by atoms with E-state index in [2.05, 4.69) is 32.9 Å². The number of hydrogen-bond acceptors (Lipinski definition) is 14.